The van der Waals surface area contributed by atoms with Crippen LogP contribution in [0.2, 0.25) is 0 Å². The standard InChI is InChI=1S/C4H6N4O.H2O4S.H2O/c5-2-1-3(9)8-4(6)7-2;1-5(2,3)4;/h1H,(H5,5,6,7,8,9);(H2,1,2,3,4);1H2. The van der Waals surface area contributed by atoms with Crippen LogP contribution < -0.4 is 17.0 Å². The first kappa shape index (κ1) is 15.8. The summed E-state index contributed by atoms with van der Waals surface area (Å²) in [5.74, 6) is 0.177. The highest BCUT2D eigenvalue weighted by Crippen LogP contribution is 1.89. The van der Waals surface area contributed by atoms with Gasteiger partial charge in [-0.2, -0.15) is 13.4 Å². The van der Waals surface area contributed by atoms with E-state index < -0.39 is 10.4 Å². The lowest BCUT2D eigenvalue weighted by atomic mass is 10.6. The van der Waals surface area contributed by atoms with Gasteiger partial charge in [-0.25, -0.2) is 0 Å². The predicted octanol–water partition coefficient (Wildman–Crippen LogP) is -2.54. The van der Waals surface area contributed by atoms with E-state index in [-0.39, 0.29) is 22.8 Å². The topological polar surface area (TPSA) is 204 Å². The maximum atomic E-state index is 10.5. The van der Waals surface area contributed by atoms with E-state index in [4.69, 9.17) is 29.0 Å². The lowest BCUT2D eigenvalue weighted by molar-refractivity contribution is 0.381. The summed E-state index contributed by atoms with van der Waals surface area (Å²) >= 11 is 0. The SMILES string of the molecule is Nc1cc(=O)[nH]c(N)n1.O.O=S(=O)(O)O. The Labute approximate surface area is 83.8 Å². The van der Waals surface area contributed by atoms with Gasteiger partial charge in [0.1, 0.15) is 5.82 Å². The summed E-state index contributed by atoms with van der Waals surface area (Å²) in [5, 5.41) is 0. The third kappa shape index (κ3) is 12.3. The second-order valence-electron chi connectivity index (χ2n) is 2.00. The Bertz CT molecular complexity index is 421. The summed E-state index contributed by atoms with van der Waals surface area (Å²) in [4.78, 5) is 16.2. The molecule has 1 heterocycles. The van der Waals surface area contributed by atoms with Crippen molar-refractivity contribution in [3.8, 4) is 0 Å². The molecule has 0 amide bonds. The summed E-state index contributed by atoms with van der Waals surface area (Å²) in [7, 11) is -4.67. The normalized spacial score (nSPS) is 9.47. The van der Waals surface area contributed by atoms with Crippen LogP contribution >= 0.6 is 0 Å². The summed E-state index contributed by atoms with van der Waals surface area (Å²) in [6.45, 7) is 0. The lowest BCUT2D eigenvalue weighted by Crippen LogP contribution is -2.11. The molecular formula is C4H10N4O6S. The number of H-pyrrole nitrogens is 1. The highest BCUT2D eigenvalue weighted by molar-refractivity contribution is 7.79. The van der Waals surface area contributed by atoms with Crippen LogP contribution in [-0.4, -0.2) is 33.0 Å². The molecule has 0 fully saturated rings. The minimum absolute atomic E-state index is 0. The molecule has 0 bridgehead atoms. The Hall–Kier alpha value is -1.69. The molecule has 0 aromatic carbocycles. The van der Waals surface area contributed by atoms with Crippen molar-refractivity contribution in [2.45, 2.75) is 0 Å². The van der Waals surface area contributed by atoms with Crippen LogP contribution in [0.15, 0.2) is 10.9 Å². The number of nitrogen functional groups attached to an aromatic ring is 2. The van der Waals surface area contributed by atoms with Gasteiger partial charge in [0.05, 0.1) is 0 Å². The molecule has 0 radical (unpaired) electrons. The van der Waals surface area contributed by atoms with Crippen LogP contribution in [-0.2, 0) is 10.4 Å². The lowest BCUT2D eigenvalue weighted by Gasteiger charge is -1.90. The molecular weight excluding hydrogens is 232 g/mol. The Kier molecular flexibility index (Phi) is 6.22. The minimum atomic E-state index is -4.67. The van der Waals surface area contributed by atoms with Crippen molar-refractivity contribution < 1.29 is 23.0 Å². The Morgan fingerprint density at radius 2 is 1.73 bits per heavy atom. The highest BCUT2D eigenvalue weighted by Gasteiger charge is 1.89. The van der Waals surface area contributed by atoms with Crippen molar-refractivity contribution >= 4 is 22.2 Å². The van der Waals surface area contributed by atoms with Crippen LogP contribution in [0.25, 0.3) is 0 Å². The van der Waals surface area contributed by atoms with Gasteiger partial charge in [-0.05, 0) is 0 Å². The molecule has 0 unspecified atom stereocenters. The average Bonchev–Trinajstić information content (AvgIpc) is 1.77. The quantitative estimate of drug-likeness (QED) is 0.305. The van der Waals surface area contributed by atoms with Crippen molar-refractivity contribution in [2.24, 2.45) is 0 Å². The number of nitrogens with zero attached hydrogens (tertiary/aromatic N) is 1. The minimum Gasteiger partial charge on any atom is -0.412 e. The second kappa shape index (κ2) is 5.92. The first-order valence-corrected chi connectivity index (χ1v) is 4.40. The monoisotopic (exact) mass is 242 g/mol. The third-order valence-electron chi connectivity index (χ3n) is 0.780. The average molecular weight is 242 g/mol. The van der Waals surface area contributed by atoms with E-state index in [1.165, 1.54) is 0 Å². The van der Waals surface area contributed by atoms with Crippen LogP contribution in [0.5, 0.6) is 0 Å². The van der Waals surface area contributed by atoms with Crippen molar-refractivity contribution in [1.29, 1.82) is 0 Å². The van der Waals surface area contributed by atoms with Crippen molar-refractivity contribution in [1.82, 2.24) is 9.97 Å². The van der Waals surface area contributed by atoms with Gasteiger partial charge in [-0.1, -0.05) is 0 Å². The van der Waals surface area contributed by atoms with E-state index in [1.807, 2.05) is 0 Å². The Morgan fingerprint density at radius 1 is 1.33 bits per heavy atom. The Balaban J connectivity index is 0. The molecule has 88 valence electrons. The zero-order valence-electron chi connectivity index (χ0n) is 7.21. The van der Waals surface area contributed by atoms with E-state index >= 15 is 0 Å². The van der Waals surface area contributed by atoms with E-state index in [9.17, 15) is 4.79 Å². The van der Waals surface area contributed by atoms with Gasteiger partial charge in [0.25, 0.3) is 5.56 Å². The van der Waals surface area contributed by atoms with Crippen molar-refractivity contribution in [2.75, 3.05) is 11.5 Å². The number of rotatable bonds is 0. The van der Waals surface area contributed by atoms with Gasteiger partial charge in [0, 0.05) is 6.07 Å². The Morgan fingerprint density at radius 3 is 2.00 bits per heavy atom. The number of nitrogens with one attached hydrogen (secondary N) is 1. The summed E-state index contributed by atoms with van der Waals surface area (Å²) in [6.07, 6.45) is 0. The largest absolute Gasteiger partial charge is 0.412 e. The van der Waals surface area contributed by atoms with Gasteiger partial charge in [-0.15, -0.1) is 0 Å². The first-order valence-electron chi connectivity index (χ1n) is 3.00. The van der Waals surface area contributed by atoms with Crippen LogP contribution in [0.1, 0.15) is 0 Å². The van der Waals surface area contributed by atoms with Gasteiger partial charge >= 0.3 is 10.4 Å². The number of nitrogens with two attached hydrogens (primary N) is 2. The number of aromatic amines is 1. The van der Waals surface area contributed by atoms with Crippen molar-refractivity contribution in [3.63, 3.8) is 0 Å². The van der Waals surface area contributed by atoms with Crippen LogP contribution in [0.3, 0.4) is 0 Å². The molecule has 0 spiro atoms. The van der Waals surface area contributed by atoms with Gasteiger partial charge < -0.3 is 16.9 Å². The molecule has 0 aliphatic heterocycles. The molecule has 15 heavy (non-hydrogen) atoms. The summed E-state index contributed by atoms with van der Waals surface area (Å²) in [6, 6.07) is 1.16. The van der Waals surface area contributed by atoms with Crippen LogP contribution in [0.4, 0.5) is 11.8 Å². The maximum Gasteiger partial charge on any atom is 0.394 e. The zero-order valence-corrected chi connectivity index (χ0v) is 8.02. The predicted molar refractivity (Wildman–Crippen MR) is 51.5 cm³/mol. The first-order chi connectivity index (χ1) is 6.18. The summed E-state index contributed by atoms with van der Waals surface area (Å²) in [5.41, 5.74) is 9.93. The number of hydrogen-bond donors (Lipinski definition) is 5. The van der Waals surface area contributed by atoms with E-state index in [0.717, 1.165) is 6.07 Å². The molecule has 0 aliphatic rings. The number of aromatic nitrogens is 2. The molecule has 1 aromatic rings. The third-order valence-corrected chi connectivity index (χ3v) is 0.780. The van der Waals surface area contributed by atoms with E-state index in [2.05, 4.69) is 9.97 Å². The van der Waals surface area contributed by atoms with Gasteiger partial charge in [0.2, 0.25) is 5.95 Å². The molecule has 10 nitrogen and oxygen atoms in total. The molecule has 1 aromatic heterocycles. The van der Waals surface area contributed by atoms with Crippen molar-refractivity contribution in [3.05, 3.63) is 16.4 Å². The molecule has 1 rings (SSSR count). The fraction of sp³-hybridized carbons (Fsp3) is 0. The fourth-order valence-corrected chi connectivity index (χ4v) is 0.496. The fourth-order valence-electron chi connectivity index (χ4n) is 0.496. The molecule has 11 heteroatoms. The van der Waals surface area contributed by atoms with E-state index in [0.29, 0.717) is 0 Å². The van der Waals surface area contributed by atoms with Gasteiger partial charge in [-0.3, -0.25) is 18.9 Å². The summed E-state index contributed by atoms with van der Waals surface area (Å²) < 4.78 is 31.6. The molecule has 0 saturated heterocycles. The molecule has 0 atom stereocenters. The number of hydrogen-bond acceptors (Lipinski definition) is 6. The maximum absolute atomic E-state index is 10.5. The highest BCUT2D eigenvalue weighted by atomic mass is 32.3. The second-order valence-corrected chi connectivity index (χ2v) is 2.90. The molecule has 0 aliphatic carbocycles. The smallest absolute Gasteiger partial charge is 0.394 e. The van der Waals surface area contributed by atoms with Crippen LogP contribution in [0, 0.1) is 0 Å². The molecule has 0 saturated carbocycles. The zero-order chi connectivity index (χ0) is 11.4. The molecule has 9 N–H and O–H groups in total. The number of anilines is 2. The van der Waals surface area contributed by atoms with E-state index in [1.54, 1.807) is 0 Å². The van der Waals surface area contributed by atoms with Gasteiger partial charge in [0.15, 0.2) is 0 Å².